The van der Waals surface area contributed by atoms with Gasteiger partial charge in [0.25, 0.3) is 0 Å². The molecule has 0 bridgehead atoms. The summed E-state index contributed by atoms with van der Waals surface area (Å²) in [6.45, 7) is 6.64. The van der Waals surface area contributed by atoms with Gasteiger partial charge in [0, 0.05) is 11.4 Å². The van der Waals surface area contributed by atoms with E-state index >= 15 is 0 Å². The van der Waals surface area contributed by atoms with Crippen LogP contribution < -0.4 is 10.0 Å². The molecule has 2 N–H and O–H groups in total. The van der Waals surface area contributed by atoms with Crippen LogP contribution in [0.4, 0.5) is 5.69 Å². The predicted octanol–water partition coefficient (Wildman–Crippen LogP) is 3.54. The van der Waals surface area contributed by atoms with E-state index in [0.717, 1.165) is 24.8 Å². The van der Waals surface area contributed by atoms with E-state index in [2.05, 4.69) is 42.1 Å². The van der Waals surface area contributed by atoms with Crippen molar-refractivity contribution < 1.29 is 0 Å². The molecule has 0 aromatic heterocycles. The lowest BCUT2D eigenvalue weighted by atomic mass is 9.88. The second kappa shape index (κ2) is 6.31. The lowest BCUT2D eigenvalue weighted by Gasteiger charge is -2.25. The third kappa shape index (κ3) is 3.39. The summed E-state index contributed by atoms with van der Waals surface area (Å²) in [6.07, 6.45) is 2.52. The Bertz CT molecular complexity index is 359. The zero-order valence-corrected chi connectivity index (χ0v) is 11.6. The van der Waals surface area contributed by atoms with Crippen molar-refractivity contribution in [2.45, 2.75) is 32.6 Å². The highest BCUT2D eigenvalue weighted by Gasteiger charge is 2.18. The summed E-state index contributed by atoms with van der Waals surface area (Å²) in [7, 11) is 0. The maximum atomic E-state index is 3.50. The first kappa shape index (κ1) is 12.8. The average molecular weight is 250 g/mol. The molecule has 0 aliphatic carbocycles. The topological polar surface area (TPSA) is 24.1 Å². The van der Waals surface area contributed by atoms with E-state index in [1.54, 1.807) is 11.9 Å². The maximum absolute atomic E-state index is 3.50. The highest BCUT2D eigenvalue weighted by Crippen LogP contribution is 2.32. The standard InChI is InChI=1S/C14H22N2S/c1-3-17-16-14-10-11(2)4-5-13(14)12-6-8-15-9-7-12/h4-5,10,12,15-16H,3,6-9H2,1-2H3. The zero-order valence-electron chi connectivity index (χ0n) is 10.8. The number of anilines is 1. The summed E-state index contributed by atoms with van der Waals surface area (Å²) in [5.41, 5.74) is 4.16. The summed E-state index contributed by atoms with van der Waals surface area (Å²) < 4.78 is 3.50. The van der Waals surface area contributed by atoms with Crippen LogP contribution in [0.25, 0.3) is 0 Å². The fourth-order valence-electron chi connectivity index (χ4n) is 2.40. The number of aryl methyl sites for hydroxylation is 1. The molecular weight excluding hydrogens is 228 g/mol. The quantitative estimate of drug-likeness (QED) is 0.799. The molecule has 0 spiro atoms. The smallest absolute Gasteiger partial charge is 0.0477 e. The lowest BCUT2D eigenvalue weighted by Crippen LogP contribution is -2.26. The molecule has 3 heteroatoms. The Morgan fingerprint density at radius 2 is 2.12 bits per heavy atom. The molecule has 1 aliphatic heterocycles. The van der Waals surface area contributed by atoms with Gasteiger partial charge in [-0.15, -0.1) is 0 Å². The Morgan fingerprint density at radius 3 is 2.82 bits per heavy atom. The number of hydrogen-bond acceptors (Lipinski definition) is 3. The first-order valence-electron chi connectivity index (χ1n) is 6.50. The summed E-state index contributed by atoms with van der Waals surface area (Å²) in [5, 5.41) is 3.43. The van der Waals surface area contributed by atoms with E-state index in [4.69, 9.17) is 0 Å². The van der Waals surface area contributed by atoms with Gasteiger partial charge < -0.3 is 10.0 Å². The van der Waals surface area contributed by atoms with Crippen LogP contribution >= 0.6 is 11.9 Å². The largest absolute Gasteiger partial charge is 0.329 e. The second-order valence-corrected chi connectivity index (χ2v) is 5.72. The van der Waals surface area contributed by atoms with Crippen molar-refractivity contribution in [3.05, 3.63) is 29.3 Å². The zero-order chi connectivity index (χ0) is 12.1. The van der Waals surface area contributed by atoms with Crippen LogP contribution in [-0.2, 0) is 0 Å². The Labute approximate surface area is 109 Å². The molecule has 1 aromatic carbocycles. The fourth-order valence-corrected chi connectivity index (χ4v) is 2.87. The Kier molecular flexibility index (Phi) is 4.75. The van der Waals surface area contributed by atoms with Gasteiger partial charge in [-0.05, 0) is 56.0 Å². The molecule has 0 amide bonds. The molecule has 0 atom stereocenters. The van der Waals surface area contributed by atoms with E-state index in [0.29, 0.717) is 0 Å². The van der Waals surface area contributed by atoms with Crippen molar-refractivity contribution in [2.24, 2.45) is 0 Å². The van der Waals surface area contributed by atoms with Gasteiger partial charge in [0.1, 0.15) is 0 Å². The van der Waals surface area contributed by atoms with E-state index in [1.165, 1.54) is 29.7 Å². The fraction of sp³-hybridized carbons (Fsp3) is 0.571. The second-order valence-electron chi connectivity index (χ2n) is 4.65. The molecule has 0 saturated carbocycles. The summed E-state index contributed by atoms with van der Waals surface area (Å²) in [6, 6.07) is 6.82. The average Bonchev–Trinajstić information content (AvgIpc) is 2.37. The molecule has 0 unspecified atom stereocenters. The number of nitrogens with one attached hydrogen (secondary N) is 2. The van der Waals surface area contributed by atoms with Crippen LogP contribution in [-0.4, -0.2) is 18.8 Å². The molecule has 1 heterocycles. The van der Waals surface area contributed by atoms with E-state index in [1.807, 2.05) is 0 Å². The molecule has 1 fully saturated rings. The number of piperidine rings is 1. The third-order valence-electron chi connectivity index (χ3n) is 3.31. The van der Waals surface area contributed by atoms with Crippen molar-refractivity contribution in [1.82, 2.24) is 5.32 Å². The minimum atomic E-state index is 0.719. The molecule has 1 saturated heterocycles. The predicted molar refractivity (Wildman–Crippen MR) is 77.8 cm³/mol. The molecule has 1 aromatic rings. The van der Waals surface area contributed by atoms with Crippen LogP contribution in [0.1, 0.15) is 36.8 Å². The van der Waals surface area contributed by atoms with Crippen LogP contribution in [0.5, 0.6) is 0 Å². The van der Waals surface area contributed by atoms with Gasteiger partial charge in [0.15, 0.2) is 0 Å². The van der Waals surface area contributed by atoms with Gasteiger partial charge in [-0.2, -0.15) is 0 Å². The Balaban J connectivity index is 2.18. The highest BCUT2D eigenvalue weighted by molar-refractivity contribution is 8.00. The number of benzene rings is 1. The van der Waals surface area contributed by atoms with Gasteiger partial charge in [0.2, 0.25) is 0 Å². The first-order chi connectivity index (χ1) is 8.31. The molecule has 1 aliphatic rings. The van der Waals surface area contributed by atoms with Crippen molar-refractivity contribution >= 4 is 17.6 Å². The van der Waals surface area contributed by atoms with Crippen LogP contribution in [0.2, 0.25) is 0 Å². The lowest BCUT2D eigenvalue weighted by molar-refractivity contribution is 0.461. The minimum absolute atomic E-state index is 0.719. The molecule has 17 heavy (non-hydrogen) atoms. The third-order valence-corrected chi connectivity index (χ3v) is 3.97. The highest BCUT2D eigenvalue weighted by atomic mass is 32.2. The molecule has 2 nitrogen and oxygen atoms in total. The summed E-state index contributed by atoms with van der Waals surface area (Å²) in [5.74, 6) is 1.82. The minimum Gasteiger partial charge on any atom is -0.329 e. The van der Waals surface area contributed by atoms with Crippen LogP contribution in [0.3, 0.4) is 0 Å². The first-order valence-corrected chi connectivity index (χ1v) is 7.49. The van der Waals surface area contributed by atoms with Gasteiger partial charge in [-0.25, -0.2) is 0 Å². The van der Waals surface area contributed by atoms with Crippen molar-refractivity contribution in [1.29, 1.82) is 0 Å². The molecule has 94 valence electrons. The Hall–Kier alpha value is -0.670. The van der Waals surface area contributed by atoms with E-state index < -0.39 is 0 Å². The van der Waals surface area contributed by atoms with E-state index in [9.17, 15) is 0 Å². The van der Waals surface area contributed by atoms with Gasteiger partial charge in [0.05, 0.1) is 0 Å². The van der Waals surface area contributed by atoms with Gasteiger partial charge in [-0.3, -0.25) is 0 Å². The van der Waals surface area contributed by atoms with Gasteiger partial charge >= 0.3 is 0 Å². The van der Waals surface area contributed by atoms with Crippen molar-refractivity contribution in [3.8, 4) is 0 Å². The summed E-state index contributed by atoms with van der Waals surface area (Å²) >= 11 is 1.78. The van der Waals surface area contributed by atoms with E-state index in [-0.39, 0.29) is 0 Å². The van der Waals surface area contributed by atoms with Crippen molar-refractivity contribution in [3.63, 3.8) is 0 Å². The normalized spacial score (nSPS) is 17.1. The van der Waals surface area contributed by atoms with Crippen LogP contribution in [0.15, 0.2) is 18.2 Å². The number of rotatable bonds is 4. The summed E-state index contributed by atoms with van der Waals surface area (Å²) in [4.78, 5) is 0. The SMILES string of the molecule is CCSNc1cc(C)ccc1C1CCNCC1. The molecule has 0 radical (unpaired) electrons. The monoisotopic (exact) mass is 250 g/mol. The maximum Gasteiger partial charge on any atom is 0.0477 e. The van der Waals surface area contributed by atoms with Crippen molar-refractivity contribution in [2.75, 3.05) is 23.6 Å². The molecule has 2 rings (SSSR count). The number of hydrogen-bond donors (Lipinski definition) is 2. The molecular formula is C14H22N2S. The Morgan fingerprint density at radius 1 is 1.35 bits per heavy atom. The van der Waals surface area contributed by atoms with Gasteiger partial charge in [-0.1, -0.05) is 31.0 Å². The van der Waals surface area contributed by atoms with Crippen LogP contribution in [0, 0.1) is 6.92 Å².